The van der Waals surface area contributed by atoms with Crippen molar-refractivity contribution in [1.29, 1.82) is 0 Å². The fraction of sp³-hybridized carbons (Fsp3) is 0.480. The molecule has 31 heavy (non-hydrogen) atoms. The van der Waals surface area contributed by atoms with Crippen LogP contribution in [0, 0.1) is 0 Å². The molecule has 0 aromatic carbocycles. The van der Waals surface area contributed by atoms with E-state index in [0.717, 1.165) is 41.9 Å². The van der Waals surface area contributed by atoms with Gasteiger partial charge in [0.2, 0.25) is 0 Å². The number of carbonyl (C=O) groups is 1. The van der Waals surface area contributed by atoms with Crippen molar-refractivity contribution in [3.63, 3.8) is 0 Å². The van der Waals surface area contributed by atoms with Crippen LogP contribution in [-0.4, -0.2) is 44.3 Å². The molecule has 3 aromatic rings. The molecule has 2 aliphatic rings. The lowest BCUT2D eigenvalue weighted by Gasteiger charge is -2.34. The number of piperidine rings is 1. The van der Waals surface area contributed by atoms with Crippen LogP contribution in [-0.2, 0) is 4.74 Å². The fourth-order valence-corrected chi connectivity index (χ4v) is 4.40. The summed E-state index contributed by atoms with van der Waals surface area (Å²) in [5.74, 6) is 0.915. The van der Waals surface area contributed by atoms with Gasteiger partial charge in [-0.1, -0.05) is 6.07 Å². The van der Waals surface area contributed by atoms with Gasteiger partial charge in [0.15, 0.2) is 0 Å². The Bertz CT molecular complexity index is 1110. The Kier molecular flexibility index (Phi) is 4.95. The molecule has 2 fully saturated rings. The standard InChI is InChI=1S/C25H30N4O2/c1-25(2,3)31-24(30)28-12-5-6-19(16-28)21-7-4-8-22(27-21)20-15-26-29-13-11-18(14-23(20)29)17-9-10-17/h4,7-8,11,13-15,17,19H,5-6,9-10,12,16H2,1-3H3. The quantitative estimate of drug-likeness (QED) is 0.572. The number of rotatable bonds is 3. The molecule has 4 heterocycles. The van der Waals surface area contributed by atoms with Crippen LogP contribution in [0.2, 0.25) is 0 Å². The molecule has 5 rings (SSSR count). The molecule has 162 valence electrons. The van der Waals surface area contributed by atoms with E-state index in [2.05, 4.69) is 41.6 Å². The van der Waals surface area contributed by atoms with E-state index in [4.69, 9.17) is 9.72 Å². The van der Waals surface area contributed by atoms with Gasteiger partial charge in [0, 0.05) is 36.5 Å². The number of ether oxygens (including phenoxy) is 1. The maximum Gasteiger partial charge on any atom is 0.410 e. The number of carbonyl (C=O) groups excluding carboxylic acids is 1. The van der Waals surface area contributed by atoms with Crippen molar-refractivity contribution < 1.29 is 9.53 Å². The number of hydrogen-bond donors (Lipinski definition) is 0. The second-order valence-corrected chi connectivity index (χ2v) is 9.84. The fourth-order valence-electron chi connectivity index (χ4n) is 4.40. The van der Waals surface area contributed by atoms with Crippen molar-refractivity contribution in [2.24, 2.45) is 0 Å². The summed E-state index contributed by atoms with van der Waals surface area (Å²) in [6.07, 6.45) is 8.27. The molecule has 1 saturated carbocycles. The SMILES string of the molecule is CC(C)(C)OC(=O)N1CCCC(c2cccc(-c3cnn4ccc(C5CC5)cc34)n2)C1. The maximum atomic E-state index is 12.6. The lowest BCUT2D eigenvalue weighted by Crippen LogP contribution is -2.42. The first kappa shape index (κ1) is 20.0. The summed E-state index contributed by atoms with van der Waals surface area (Å²) in [5.41, 5.74) is 5.05. The highest BCUT2D eigenvalue weighted by molar-refractivity contribution is 5.78. The van der Waals surface area contributed by atoms with Crippen LogP contribution >= 0.6 is 0 Å². The molecule has 0 radical (unpaired) electrons. The van der Waals surface area contributed by atoms with Crippen molar-refractivity contribution in [2.45, 2.75) is 63.9 Å². The predicted octanol–water partition coefficient (Wildman–Crippen LogP) is 5.39. The molecule has 1 saturated heterocycles. The van der Waals surface area contributed by atoms with E-state index in [1.54, 1.807) is 0 Å². The molecule has 1 atom stereocenters. The molecule has 1 amide bonds. The molecule has 6 nitrogen and oxygen atoms in total. The van der Waals surface area contributed by atoms with Gasteiger partial charge in [0.1, 0.15) is 5.60 Å². The van der Waals surface area contributed by atoms with Crippen LogP contribution in [0.4, 0.5) is 4.79 Å². The summed E-state index contributed by atoms with van der Waals surface area (Å²) in [4.78, 5) is 19.4. The Morgan fingerprint density at radius 2 is 1.97 bits per heavy atom. The van der Waals surface area contributed by atoms with Gasteiger partial charge >= 0.3 is 6.09 Å². The molecule has 6 heteroatoms. The largest absolute Gasteiger partial charge is 0.444 e. The van der Waals surface area contributed by atoms with Crippen molar-refractivity contribution in [3.8, 4) is 11.3 Å². The van der Waals surface area contributed by atoms with Crippen LogP contribution in [0.3, 0.4) is 0 Å². The monoisotopic (exact) mass is 418 g/mol. The Hall–Kier alpha value is -2.89. The van der Waals surface area contributed by atoms with Gasteiger partial charge in [0.25, 0.3) is 0 Å². The second kappa shape index (κ2) is 7.66. The summed E-state index contributed by atoms with van der Waals surface area (Å²) in [7, 11) is 0. The van der Waals surface area contributed by atoms with Crippen LogP contribution in [0.1, 0.15) is 69.5 Å². The van der Waals surface area contributed by atoms with Crippen LogP contribution in [0.5, 0.6) is 0 Å². The number of likely N-dealkylation sites (tertiary alicyclic amines) is 1. The van der Waals surface area contributed by atoms with Crippen LogP contribution in [0.25, 0.3) is 16.8 Å². The minimum atomic E-state index is -0.481. The van der Waals surface area contributed by atoms with E-state index in [9.17, 15) is 4.79 Å². The highest BCUT2D eigenvalue weighted by Gasteiger charge is 2.29. The third-order valence-electron chi connectivity index (χ3n) is 6.13. The average Bonchev–Trinajstić information content (AvgIpc) is 3.52. The topological polar surface area (TPSA) is 59.7 Å². The first-order chi connectivity index (χ1) is 14.9. The second-order valence-electron chi connectivity index (χ2n) is 9.84. The van der Waals surface area contributed by atoms with Gasteiger partial charge in [-0.3, -0.25) is 4.98 Å². The molecule has 3 aromatic heterocycles. The van der Waals surface area contributed by atoms with Gasteiger partial charge in [-0.25, -0.2) is 9.31 Å². The molecule has 1 aliphatic heterocycles. The lowest BCUT2D eigenvalue weighted by atomic mass is 9.94. The van der Waals surface area contributed by atoms with Crippen molar-refractivity contribution in [1.82, 2.24) is 19.5 Å². The highest BCUT2D eigenvalue weighted by Crippen LogP contribution is 2.41. The third kappa shape index (κ3) is 4.29. The summed E-state index contributed by atoms with van der Waals surface area (Å²) >= 11 is 0. The van der Waals surface area contributed by atoms with Crippen molar-refractivity contribution in [2.75, 3.05) is 13.1 Å². The van der Waals surface area contributed by atoms with Gasteiger partial charge in [-0.05, 0) is 82.2 Å². The number of hydrogen-bond acceptors (Lipinski definition) is 4. The molecule has 0 N–H and O–H groups in total. The van der Waals surface area contributed by atoms with Gasteiger partial charge in [0.05, 0.1) is 17.4 Å². The number of aromatic nitrogens is 3. The highest BCUT2D eigenvalue weighted by atomic mass is 16.6. The summed E-state index contributed by atoms with van der Waals surface area (Å²) in [6, 6.07) is 10.6. The molecule has 0 spiro atoms. The maximum absolute atomic E-state index is 12.6. The minimum Gasteiger partial charge on any atom is -0.444 e. The minimum absolute atomic E-state index is 0.213. The summed E-state index contributed by atoms with van der Waals surface area (Å²) in [6.45, 7) is 7.10. The molecular formula is C25H30N4O2. The van der Waals surface area contributed by atoms with E-state index < -0.39 is 5.60 Å². The van der Waals surface area contributed by atoms with Gasteiger partial charge in [-0.2, -0.15) is 5.10 Å². The van der Waals surface area contributed by atoms with Crippen LogP contribution in [0.15, 0.2) is 42.7 Å². The third-order valence-corrected chi connectivity index (χ3v) is 6.13. The number of amides is 1. The summed E-state index contributed by atoms with van der Waals surface area (Å²) < 4.78 is 7.51. The number of nitrogens with zero attached hydrogens (tertiary/aromatic N) is 4. The summed E-state index contributed by atoms with van der Waals surface area (Å²) in [5, 5.41) is 4.53. The molecule has 1 aliphatic carbocycles. The Balaban J connectivity index is 1.40. The van der Waals surface area contributed by atoms with Gasteiger partial charge < -0.3 is 9.64 Å². The zero-order valence-electron chi connectivity index (χ0n) is 18.5. The first-order valence-corrected chi connectivity index (χ1v) is 11.3. The Morgan fingerprint density at radius 3 is 2.74 bits per heavy atom. The molecular weight excluding hydrogens is 388 g/mol. The zero-order chi connectivity index (χ0) is 21.6. The first-order valence-electron chi connectivity index (χ1n) is 11.3. The van der Waals surface area contributed by atoms with Crippen LogP contribution < -0.4 is 0 Å². The Labute approximate surface area is 183 Å². The van der Waals surface area contributed by atoms with E-state index in [1.807, 2.05) is 36.4 Å². The zero-order valence-corrected chi connectivity index (χ0v) is 18.5. The number of fused-ring (bicyclic) bond motifs is 1. The van der Waals surface area contributed by atoms with E-state index in [0.29, 0.717) is 12.5 Å². The lowest BCUT2D eigenvalue weighted by molar-refractivity contribution is 0.0197. The van der Waals surface area contributed by atoms with E-state index in [1.165, 1.54) is 18.4 Å². The average molecular weight is 419 g/mol. The van der Waals surface area contributed by atoms with E-state index >= 15 is 0 Å². The predicted molar refractivity (Wildman–Crippen MR) is 120 cm³/mol. The Morgan fingerprint density at radius 1 is 1.13 bits per heavy atom. The van der Waals surface area contributed by atoms with E-state index in [-0.39, 0.29) is 12.0 Å². The van der Waals surface area contributed by atoms with Crippen molar-refractivity contribution >= 4 is 11.6 Å². The smallest absolute Gasteiger partial charge is 0.410 e. The molecule has 1 unspecified atom stereocenters. The van der Waals surface area contributed by atoms with Gasteiger partial charge in [-0.15, -0.1) is 0 Å². The number of pyridine rings is 2. The molecule has 0 bridgehead atoms. The normalized spacial score (nSPS) is 19.6. The van der Waals surface area contributed by atoms with Crippen molar-refractivity contribution in [3.05, 3.63) is 54.0 Å².